The van der Waals surface area contributed by atoms with Crippen LogP contribution >= 0.6 is 0 Å². The molecule has 0 atom stereocenters. The Bertz CT molecular complexity index is 1000. The van der Waals surface area contributed by atoms with Crippen LogP contribution in [0.3, 0.4) is 0 Å². The number of aryl methyl sites for hydroxylation is 1. The van der Waals surface area contributed by atoms with Crippen LogP contribution in [0.2, 0.25) is 0 Å². The number of carbonyl (C=O) groups excluding carboxylic acids is 1. The fraction of sp³-hybridized carbons (Fsp3) is 0.400. The van der Waals surface area contributed by atoms with Crippen LogP contribution in [-0.2, 0) is 21.9 Å². The Morgan fingerprint density at radius 2 is 1.93 bits per heavy atom. The van der Waals surface area contributed by atoms with Gasteiger partial charge in [0.05, 0.1) is 22.5 Å². The molecule has 9 heteroatoms. The summed E-state index contributed by atoms with van der Waals surface area (Å²) in [5, 5.41) is 6.86. The lowest BCUT2D eigenvalue weighted by Gasteiger charge is -2.26. The van der Waals surface area contributed by atoms with Gasteiger partial charge in [0.2, 0.25) is 15.9 Å². The largest absolute Gasteiger partial charge is 0.376 e. The van der Waals surface area contributed by atoms with Crippen molar-refractivity contribution < 1.29 is 13.2 Å². The molecule has 1 fully saturated rings. The van der Waals surface area contributed by atoms with Crippen LogP contribution < -0.4 is 10.2 Å². The molecule has 29 heavy (non-hydrogen) atoms. The number of nitrogens with zero attached hydrogens (tertiary/aromatic N) is 4. The molecule has 0 saturated carbocycles. The fourth-order valence-electron chi connectivity index (χ4n) is 3.29. The van der Waals surface area contributed by atoms with E-state index in [1.165, 1.54) is 16.4 Å². The number of benzene rings is 1. The molecule has 1 saturated heterocycles. The van der Waals surface area contributed by atoms with Crippen LogP contribution in [0.5, 0.6) is 0 Å². The van der Waals surface area contributed by atoms with E-state index in [1.807, 2.05) is 19.0 Å². The van der Waals surface area contributed by atoms with Crippen molar-refractivity contribution in [1.82, 2.24) is 14.1 Å². The molecule has 0 unspecified atom stereocenters. The number of hydrogen-bond acceptors (Lipinski definition) is 5. The summed E-state index contributed by atoms with van der Waals surface area (Å²) < 4.78 is 29.2. The van der Waals surface area contributed by atoms with E-state index in [0.29, 0.717) is 18.8 Å². The van der Waals surface area contributed by atoms with Gasteiger partial charge < -0.3 is 10.2 Å². The Morgan fingerprint density at radius 3 is 2.55 bits per heavy atom. The van der Waals surface area contributed by atoms with Gasteiger partial charge >= 0.3 is 0 Å². The molecular weight excluding hydrogens is 390 g/mol. The van der Waals surface area contributed by atoms with E-state index in [2.05, 4.69) is 10.4 Å². The third kappa shape index (κ3) is 5.04. The quantitative estimate of drug-likeness (QED) is 0.729. The van der Waals surface area contributed by atoms with Crippen LogP contribution in [-0.4, -0.2) is 55.6 Å². The first-order chi connectivity index (χ1) is 13.8. The van der Waals surface area contributed by atoms with Crippen LogP contribution in [0.25, 0.3) is 6.08 Å². The molecule has 8 nitrogen and oxygen atoms in total. The second kappa shape index (κ2) is 8.79. The maximum atomic E-state index is 13.0. The van der Waals surface area contributed by atoms with Gasteiger partial charge in [0.1, 0.15) is 0 Å². The summed E-state index contributed by atoms with van der Waals surface area (Å²) in [7, 11) is 1.90. The zero-order chi connectivity index (χ0) is 21.0. The van der Waals surface area contributed by atoms with E-state index < -0.39 is 10.0 Å². The summed E-state index contributed by atoms with van der Waals surface area (Å²) in [6.45, 7) is 1.07. The molecule has 2 heterocycles. The van der Waals surface area contributed by atoms with Gasteiger partial charge in [0, 0.05) is 52.1 Å². The Kier molecular flexibility index (Phi) is 6.39. The van der Waals surface area contributed by atoms with E-state index in [1.54, 1.807) is 42.3 Å². The second-order valence-electron chi connectivity index (χ2n) is 7.31. The highest BCUT2D eigenvalue weighted by Gasteiger charge is 2.26. The van der Waals surface area contributed by atoms with Crippen molar-refractivity contribution in [3.63, 3.8) is 0 Å². The van der Waals surface area contributed by atoms with Crippen LogP contribution in [0.4, 0.5) is 11.4 Å². The van der Waals surface area contributed by atoms with Gasteiger partial charge in [0.15, 0.2) is 0 Å². The molecule has 1 aromatic heterocycles. The maximum Gasteiger partial charge on any atom is 0.248 e. The number of sulfonamides is 1. The van der Waals surface area contributed by atoms with E-state index in [-0.39, 0.29) is 10.8 Å². The Labute approximate surface area is 171 Å². The van der Waals surface area contributed by atoms with Gasteiger partial charge in [0.25, 0.3) is 0 Å². The summed E-state index contributed by atoms with van der Waals surface area (Å²) in [5.41, 5.74) is 1.98. The normalized spacial score (nSPS) is 15.6. The van der Waals surface area contributed by atoms with Crippen LogP contribution in [0, 0.1) is 0 Å². The number of carbonyl (C=O) groups is 1. The average Bonchev–Trinajstić information content (AvgIpc) is 3.12. The maximum absolute atomic E-state index is 13.0. The van der Waals surface area contributed by atoms with Crippen molar-refractivity contribution in [3.05, 3.63) is 42.2 Å². The van der Waals surface area contributed by atoms with Gasteiger partial charge in [-0.25, -0.2) is 8.42 Å². The smallest absolute Gasteiger partial charge is 0.248 e. The summed E-state index contributed by atoms with van der Waals surface area (Å²) in [6, 6.07) is 4.85. The highest BCUT2D eigenvalue weighted by atomic mass is 32.2. The molecule has 0 bridgehead atoms. The first-order valence-electron chi connectivity index (χ1n) is 9.56. The van der Waals surface area contributed by atoms with Crippen molar-refractivity contribution in [2.45, 2.75) is 24.2 Å². The van der Waals surface area contributed by atoms with E-state index in [0.717, 1.165) is 30.5 Å². The highest BCUT2D eigenvalue weighted by Crippen LogP contribution is 2.30. The fourth-order valence-corrected chi connectivity index (χ4v) is 4.84. The highest BCUT2D eigenvalue weighted by molar-refractivity contribution is 7.89. The predicted molar refractivity (Wildman–Crippen MR) is 114 cm³/mol. The Balaban J connectivity index is 1.85. The molecule has 1 amide bonds. The monoisotopic (exact) mass is 417 g/mol. The summed E-state index contributed by atoms with van der Waals surface area (Å²) in [6.07, 6.45) is 9.31. The number of rotatable bonds is 6. The summed E-state index contributed by atoms with van der Waals surface area (Å²) in [5.74, 6) is -0.343. The molecular formula is C20H27N5O3S. The number of amides is 1. The number of piperidine rings is 1. The molecule has 3 rings (SSSR count). The zero-order valence-electron chi connectivity index (χ0n) is 17.0. The van der Waals surface area contributed by atoms with Gasteiger partial charge in [-0.05, 0) is 37.1 Å². The lowest BCUT2D eigenvalue weighted by molar-refractivity contribution is -0.111. The number of aromatic nitrogens is 2. The molecule has 2 aromatic rings. The van der Waals surface area contributed by atoms with E-state index in [4.69, 9.17) is 0 Å². The summed E-state index contributed by atoms with van der Waals surface area (Å²) in [4.78, 5) is 14.4. The lowest BCUT2D eigenvalue weighted by Crippen LogP contribution is -2.35. The molecule has 1 N–H and O–H groups in total. The minimum Gasteiger partial charge on any atom is -0.376 e. The summed E-state index contributed by atoms with van der Waals surface area (Å²) >= 11 is 0. The van der Waals surface area contributed by atoms with E-state index in [9.17, 15) is 13.2 Å². The third-order valence-electron chi connectivity index (χ3n) is 4.81. The minimum absolute atomic E-state index is 0.191. The van der Waals surface area contributed by atoms with Gasteiger partial charge in [-0.2, -0.15) is 9.40 Å². The van der Waals surface area contributed by atoms with Crippen molar-refractivity contribution in [1.29, 1.82) is 0 Å². The first kappa shape index (κ1) is 21.1. The van der Waals surface area contributed by atoms with Crippen LogP contribution in [0.1, 0.15) is 24.8 Å². The SMILES string of the molecule is CN(C)c1ccc(S(=O)(=O)N2CCCCC2)cc1NC(=O)/C=C/c1cnn(C)c1. The topological polar surface area (TPSA) is 87.5 Å². The Morgan fingerprint density at radius 1 is 1.21 bits per heavy atom. The van der Waals surface area contributed by atoms with Crippen molar-refractivity contribution >= 4 is 33.4 Å². The predicted octanol–water partition coefficient (Wildman–Crippen LogP) is 2.31. The number of hydrogen-bond donors (Lipinski definition) is 1. The Hall–Kier alpha value is -2.65. The second-order valence-corrected chi connectivity index (χ2v) is 9.25. The third-order valence-corrected chi connectivity index (χ3v) is 6.71. The average molecular weight is 418 g/mol. The minimum atomic E-state index is -3.58. The lowest BCUT2D eigenvalue weighted by atomic mass is 10.2. The molecule has 1 aliphatic rings. The van der Waals surface area contributed by atoms with Gasteiger partial charge in [-0.15, -0.1) is 0 Å². The molecule has 0 spiro atoms. The standard InChI is InChI=1S/C20H27N5O3S/c1-23(2)19-9-8-17(29(27,28)25-11-5-4-6-12-25)13-18(19)22-20(26)10-7-16-14-21-24(3)15-16/h7-10,13-15H,4-6,11-12H2,1-3H3,(H,22,26)/b10-7+. The van der Waals surface area contributed by atoms with Crippen LogP contribution in [0.15, 0.2) is 41.6 Å². The van der Waals surface area contributed by atoms with Crippen molar-refractivity contribution in [2.75, 3.05) is 37.4 Å². The van der Waals surface area contributed by atoms with Crippen molar-refractivity contribution in [2.24, 2.45) is 7.05 Å². The molecule has 156 valence electrons. The first-order valence-corrected chi connectivity index (χ1v) is 11.0. The molecule has 0 radical (unpaired) electrons. The van der Waals surface area contributed by atoms with Crippen molar-refractivity contribution in [3.8, 4) is 0 Å². The van der Waals surface area contributed by atoms with Gasteiger partial charge in [-0.3, -0.25) is 9.48 Å². The van der Waals surface area contributed by atoms with E-state index >= 15 is 0 Å². The number of nitrogens with one attached hydrogen (secondary N) is 1. The molecule has 0 aliphatic carbocycles. The number of anilines is 2. The van der Waals surface area contributed by atoms with Gasteiger partial charge in [-0.1, -0.05) is 6.42 Å². The molecule has 1 aromatic carbocycles. The zero-order valence-corrected chi connectivity index (χ0v) is 17.8. The molecule has 1 aliphatic heterocycles.